The Morgan fingerprint density at radius 3 is 2.42 bits per heavy atom. The molecule has 1 atom stereocenters. The molecule has 1 aliphatic heterocycles. The molecule has 5 rings (SSSR count). The second kappa shape index (κ2) is 4.96. The number of anilines is 1. The number of para-hydroxylation sites is 1. The van der Waals surface area contributed by atoms with E-state index in [2.05, 4.69) is 53.1 Å². The fourth-order valence-corrected chi connectivity index (χ4v) is 3.72. The summed E-state index contributed by atoms with van der Waals surface area (Å²) < 4.78 is 0. The van der Waals surface area contributed by atoms with Crippen LogP contribution in [0.1, 0.15) is 33.2 Å². The summed E-state index contributed by atoms with van der Waals surface area (Å²) in [7, 11) is 0. The Hall–Kier alpha value is -3.07. The number of benzene rings is 3. The first kappa shape index (κ1) is 13.4. The van der Waals surface area contributed by atoms with Crippen LogP contribution in [0.15, 0.2) is 66.7 Å². The summed E-state index contributed by atoms with van der Waals surface area (Å²) in [5.41, 5.74) is 7.99. The molecule has 1 unspecified atom stereocenters. The lowest BCUT2D eigenvalue weighted by molar-refractivity contribution is 0.0935. The van der Waals surface area contributed by atoms with Crippen molar-refractivity contribution in [3.05, 3.63) is 89.0 Å². The molecule has 0 saturated carbocycles. The van der Waals surface area contributed by atoms with E-state index in [-0.39, 0.29) is 12.1 Å². The number of carbonyl (C=O) groups excluding carboxylic acids is 1. The van der Waals surface area contributed by atoms with Crippen LogP contribution in [0.25, 0.3) is 11.1 Å². The van der Waals surface area contributed by atoms with Crippen LogP contribution in [-0.2, 0) is 6.42 Å². The monoisotopic (exact) mass is 312 g/mol. The van der Waals surface area contributed by atoms with Gasteiger partial charge in [0.25, 0.3) is 5.91 Å². The Morgan fingerprint density at radius 1 is 0.750 bits per heavy atom. The molecule has 116 valence electrons. The zero-order valence-corrected chi connectivity index (χ0v) is 13.0. The minimum Gasteiger partial charge on any atom is -0.361 e. The average Bonchev–Trinajstić information content (AvgIpc) is 2.99. The van der Waals surface area contributed by atoms with Gasteiger partial charge in [0.05, 0.1) is 5.56 Å². The Morgan fingerprint density at radius 2 is 1.50 bits per heavy atom. The highest BCUT2D eigenvalue weighted by atomic mass is 16.2. The van der Waals surface area contributed by atoms with Gasteiger partial charge < -0.3 is 10.6 Å². The highest BCUT2D eigenvalue weighted by Crippen LogP contribution is 2.38. The molecule has 1 aliphatic carbocycles. The van der Waals surface area contributed by atoms with Crippen LogP contribution in [0.4, 0.5) is 5.69 Å². The molecular weight excluding hydrogens is 296 g/mol. The molecule has 0 bridgehead atoms. The second-order valence-electron chi connectivity index (χ2n) is 6.35. The van der Waals surface area contributed by atoms with Gasteiger partial charge in [0.2, 0.25) is 0 Å². The number of nitrogens with one attached hydrogen (secondary N) is 2. The number of hydrogen-bond donors (Lipinski definition) is 2. The quantitative estimate of drug-likeness (QED) is 0.555. The van der Waals surface area contributed by atoms with Gasteiger partial charge in [-0.15, -0.1) is 0 Å². The molecule has 24 heavy (non-hydrogen) atoms. The maximum Gasteiger partial charge on any atom is 0.255 e. The minimum atomic E-state index is -0.193. The molecule has 2 N–H and O–H groups in total. The van der Waals surface area contributed by atoms with Gasteiger partial charge in [-0.25, -0.2) is 0 Å². The highest BCUT2D eigenvalue weighted by Gasteiger charge is 2.26. The Bertz CT molecular complexity index is 977. The van der Waals surface area contributed by atoms with E-state index in [4.69, 9.17) is 0 Å². The molecule has 0 saturated heterocycles. The number of rotatable bonds is 1. The third-order valence-corrected chi connectivity index (χ3v) is 4.90. The fourth-order valence-electron chi connectivity index (χ4n) is 3.72. The van der Waals surface area contributed by atoms with Crippen LogP contribution >= 0.6 is 0 Å². The highest BCUT2D eigenvalue weighted by molar-refractivity contribution is 6.01. The maximum atomic E-state index is 12.3. The van der Waals surface area contributed by atoms with Crippen molar-refractivity contribution < 1.29 is 4.79 Å². The number of amides is 1. The minimum absolute atomic E-state index is 0.0295. The second-order valence-corrected chi connectivity index (χ2v) is 6.35. The van der Waals surface area contributed by atoms with Crippen molar-refractivity contribution in [3.63, 3.8) is 0 Å². The van der Waals surface area contributed by atoms with Crippen molar-refractivity contribution in [2.24, 2.45) is 0 Å². The number of carbonyl (C=O) groups is 1. The first-order valence-electron chi connectivity index (χ1n) is 8.17. The van der Waals surface area contributed by atoms with Gasteiger partial charge in [-0.2, -0.15) is 0 Å². The van der Waals surface area contributed by atoms with Gasteiger partial charge in [-0.3, -0.25) is 4.79 Å². The van der Waals surface area contributed by atoms with Gasteiger partial charge in [-0.05, 0) is 46.4 Å². The van der Waals surface area contributed by atoms with Crippen molar-refractivity contribution in [2.75, 3.05) is 5.32 Å². The standard InChI is InChI=1S/C21H16N2O/c24-21-18-7-3-4-8-19(18)22-20(23-21)14-9-10-17-15(12-14)11-13-5-1-2-6-16(13)17/h1-10,12,20,22H,11H2,(H,23,24). The lowest BCUT2D eigenvalue weighted by Gasteiger charge is -2.28. The summed E-state index contributed by atoms with van der Waals surface area (Å²) in [5.74, 6) is -0.0295. The van der Waals surface area contributed by atoms with Crippen LogP contribution in [0.2, 0.25) is 0 Å². The zero-order chi connectivity index (χ0) is 16.1. The summed E-state index contributed by atoms with van der Waals surface area (Å²) in [6, 6.07) is 22.6. The van der Waals surface area contributed by atoms with Crippen LogP contribution < -0.4 is 10.6 Å². The predicted octanol–water partition coefficient (Wildman–Crippen LogP) is 4.11. The van der Waals surface area contributed by atoms with E-state index < -0.39 is 0 Å². The Labute approximate surface area is 140 Å². The maximum absolute atomic E-state index is 12.3. The first-order chi connectivity index (χ1) is 11.8. The molecule has 3 aromatic rings. The largest absolute Gasteiger partial charge is 0.361 e. The summed E-state index contributed by atoms with van der Waals surface area (Å²) in [6.07, 6.45) is 0.762. The van der Waals surface area contributed by atoms with Crippen LogP contribution in [0.3, 0.4) is 0 Å². The molecule has 0 fully saturated rings. The number of hydrogen-bond acceptors (Lipinski definition) is 2. The van der Waals surface area contributed by atoms with Crippen LogP contribution in [0.5, 0.6) is 0 Å². The summed E-state index contributed by atoms with van der Waals surface area (Å²) in [6.45, 7) is 0. The van der Waals surface area contributed by atoms with E-state index in [1.54, 1.807) is 0 Å². The van der Waals surface area contributed by atoms with Gasteiger partial charge in [-0.1, -0.05) is 54.6 Å². The summed E-state index contributed by atoms with van der Waals surface area (Å²) >= 11 is 0. The van der Waals surface area contributed by atoms with Crippen molar-refractivity contribution in [2.45, 2.75) is 12.6 Å². The Balaban J connectivity index is 1.52. The zero-order valence-electron chi connectivity index (χ0n) is 13.0. The van der Waals surface area contributed by atoms with Gasteiger partial charge >= 0.3 is 0 Å². The smallest absolute Gasteiger partial charge is 0.255 e. The molecule has 0 radical (unpaired) electrons. The molecule has 1 heterocycles. The lowest BCUT2D eigenvalue weighted by Crippen LogP contribution is -2.38. The molecular formula is C21H16N2O. The molecule has 0 aromatic heterocycles. The third kappa shape index (κ3) is 1.95. The van der Waals surface area contributed by atoms with E-state index >= 15 is 0 Å². The van der Waals surface area contributed by atoms with E-state index in [1.165, 1.54) is 22.3 Å². The predicted molar refractivity (Wildman–Crippen MR) is 95.0 cm³/mol. The van der Waals surface area contributed by atoms with Crippen molar-refractivity contribution >= 4 is 11.6 Å². The van der Waals surface area contributed by atoms with E-state index in [0.29, 0.717) is 5.56 Å². The topological polar surface area (TPSA) is 41.1 Å². The normalized spacial score (nSPS) is 17.3. The van der Waals surface area contributed by atoms with E-state index in [1.807, 2.05) is 24.3 Å². The summed E-state index contributed by atoms with van der Waals surface area (Å²) in [5, 5.41) is 6.48. The van der Waals surface area contributed by atoms with Crippen LogP contribution in [0, 0.1) is 0 Å². The molecule has 3 nitrogen and oxygen atoms in total. The molecule has 0 spiro atoms. The third-order valence-electron chi connectivity index (χ3n) is 4.90. The van der Waals surface area contributed by atoms with Gasteiger partial charge in [0.1, 0.15) is 6.17 Å². The molecule has 2 aliphatic rings. The van der Waals surface area contributed by atoms with E-state index in [0.717, 1.165) is 17.7 Å². The Kier molecular flexibility index (Phi) is 2.77. The fraction of sp³-hybridized carbons (Fsp3) is 0.0952. The molecule has 1 amide bonds. The van der Waals surface area contributed by atoms with E-state index in [9.17, 15) is 4.79 Å². The molecule has 3 heteroatoms. The van der Waals surface area contributed by atoms with Crippen molar-refractivity contribution in [1.29, 1.82) is 0 Å². The van der Waals surface area contributed by atoms with Gasteiger partial charge in [0.15, 0.2) is 0 Å². The first-order valence-corrected chi connectivity index (χ1v) is 8.17. The lowest BCUT2D eigenvalue weighted by atomic mass is 10.0. The van der Waals surface area contributed by atoms with Gasteiger partial charge in [0, 0.05) is 5.69 Å². The SMILES string of the molecule is O=C1NC(c2ccc3c(c2)Cc2ccccc2-3)Nc2ccccc21. The van der Waals surface area contributed by atoms with Crippen LogP contribution in [-0.4, -0.2) is 5.91 Å². The molecule has 3 aromatic carbocycles. The van der Waals surface area contributed by atoms with Crippen molar-refractivity contribution in [3.8, 4) is 11.1 Å². The number of fused-ring (bicyclic) bond motifs is 4. The average molecular weight is 312 g/mol. The summed E-state index contributed by atoms with van der Waals surface area (Å²) in [4.78, 5) is 12.3. The van der Waals surface area contributed by atoms with Crippen molar-refractivity contribution in [1.82, 2.24) is 5.32 Å².